The minimum absolute atomic E-state index is 0.00361. The molecule has 0 bridgehead atoms. The Kier molecular flexibility index (Phi) is 4.83. The maximum absolute atomic E-state index is 13.5. The highest BCUT2D eigenvalue weighted by atomic mass is 19.1. The second-order valence-electron chi connectivity index (χ2n) is 4.66. The second kappa shape index (κ2) is 6.80. The number of benzene rings is 2. The van der Waals surface area contributed by atoms with Gasteiger partial charge in [0, 0.05) is 6.07 Å². The van der Waals surface area contributed by atoms with Gasteiger partial charge in [0.2, 0.25) is 5.91 Å². The van der Waals surface area contributed by atoms with Gasteiger partial charge in [-0.15, -0.1) is 0 Å². The summed E-state index contributed by atoms with van der Waals surface area (Å²) in [6.45, 7) is 0. The highest BCUT2D eigenvalue weighted by molar-refractivity contribution is 5.85. The minimum Gasteiger partial charge on any atom is -0.479 e. The van der Waals surface area contributed by atoms with E-state index in [-0.39, 0.29) is 12.0 Å². The number of carbonyl (C=O) groups excluding carboxylic acids is 1. The number of hydrogen-bond donors (Lipinski definition) is 2. The van der Waals surface area contributed by atoms with Crippen molar-refractivity contribution in [3.8, 4) is 0 Å². The van der Waals surface area contributed by atoms with Gasteiger partial charge in [-0.3, -0.25) is 4.79 Å². The molecule has 0 saturated carbocycles. The van der Waals surface area contributed by atoms with Crippen molar-refractivity contribution >= 4 is 11.9 Å². The number of amides is 1. The monoisotopic (exact) mass is 305 g/mol. The number of carboxylic acid groups (broad SMARTS) is 1. The Bertz CT molecular complexity index is 689. The molecule has 0 aromatic heterocycles. The summed E-state index contributed by atoms with van der Waals surface area (Å²) >= 11 is 0. The molecule has 0 aliphatic heterocycles. The first-order chi connectivity index (χ1) is 10.5. The molecule has 0 unspecified atom stereocenters. The van der Waals surface area contributed by atoms with Gasteiger partial charge in [-0.2, -0.15) is 0 Å². The van der Waals surface area contributed by atoms with Crippen LogP contribution in [0.5, 0.6) is 0 Å². The van der Waals surface area contributed by atoms with Crippen LogP contribution in [0, 0.1) is 11.6 Å². The summed E-state index contributed by atoms with van der Waals surface area (Å²) in [4.78, 5) is 23.2. The Labute approximate surface area is 125 Å². The van der Waals surface area contributed by atoms with Crippen LogP contribution in [-0.4, -0.2) is 17.0 Å². The predicted octanol–water partition coefficient (Wildman–Crippen LogP) is 2.45. The van der Waals surface area contributed by atoms with Crippen LogP contribution in [0.25, 0.3) is 0 Å². The lowest BCUT2D eigenvalue weighted by atomic mass is 10.1. The third kappa shape index (κ3) is 3.88. The number of carbonyl (C=O) groups is 2. The fourth-order valence-electron chi connectivity index (χ4n) is 1.98. The average Bonchev–Trinajstić information content (AvgIpc) is 2.48. The number of nitrogens with one attached hydrogen (secondary N) is 1. The summed E-state index contributed by atoms with van der Waals surface area (Å²) in [6, 6.07) is 9.80. The number of rotatable bonds is 5. The van der Waals surface area contributed by atoms with Crippen molar-refractivity contribution in [2.45, 2.75) is 12.5 Å². The molecular weight excluding hydrogens is 292 g/mol. The van der Waals surface area contributed by atoms with Crippen LogP contribution in [-0.2, 0) is 16.0 Å². The van der Waals surface area contributed by atoms with Crippen LogP contribution >= 0.6 is 0 Å². The summed E-state index contributed by atoms with van der Waals surface area (Å²) in [6.07, 6.45) is -0.372. The number of hydrogen-bond acceptors (Lipinski definition) is 2. The largest absolute Gasteiger partial charge is 0.479 e. The predicted molar refractivity (Wildman–Crippen MR) is 75.0 cm³/mol. The van der Waals surface area contributed by atoms with Gasteiger partial charge in [0.05, 0.1) is 6.42 Å². The molecule has 0 radical (unpaired) electrons. The molecular formula is C16H13F2NO3. The quantitative estimate of drug-likeness (QED) is 0.891. The molecule has 0 spiro atoms. The lowest BCUT2D eigenvalue weighted by molar-refractivity contribution is -0.142. The molecule has 0 heterocycles. The number of halogens is 2. The van der Waals surface area contributed by atoms with Gasteiger partial charge in [0.1, 0.15) is 11.6 Å². The third-order valence-electron chi connectivity index (χ3n) is 3.05. The van der Waals surface area contributed by atoms with Gasteiger partial charge < -0.3 is 10.4 Å². The van der Waals surface area contributed by atoms with E-state index in [1.165, 1.54) is 0 Å². The average molecular weight is 305 g/mol. The molecule has 22 heavy (non-hydrogen) atoms. The van der Waals surface area contributed by atoms with Crippen molar-refractivity contribution in [1.82, 2.24) is 5.32 Å². The van der Waals surface area contributed by atoms with E-state index in [2.05, 4.69) is 5.32 Å². The first-order valence-electron chi connectivity index (χ1n) is 6.48. The van der Waals surface area contributed by atoms with E-state index in [9.17, 15) is 23.5 Å². The fraction of sp³-hybridized carbons (Fsp3) is 0.125. The minimum atomic E-state index is -1.22. The Balaban J connectivity index is 2.10. The Morgan fingerprint density at radius 1 is 1.09 bits per heavy atom. The van der Waals surface area contributed by atoms with Crippen molar-refractivity contribution < 1.29 is 23.5 Å². The van der Waals surface area contributed by atoms with E-state index in [1.807, 2.05) is 0 Å². The number of carboxylic acids is 1. The zero-order valence-electron chi connectivity index (χ0n) is 11.4. The maximum Gasteiger partial charge on any atom is 0.330 e. The summed E-state index contributed by atoms with van der Waals surface area (Å²) in [5, 5.41) is 11.5. The molecule has 0 aliphatic carbocycles. The molecule has 2 aromatic carbocycles. The smallest absolute Gasteiger partial charge is 0.330 e. The van der Waals surface area contributed by atoms with Gasteiger partial charge >= 0.3 is 5.97 Å². The van der Waals surface area contributed by atoms with Gasteiger partial charge in [-0.25, -0.2) is 13.6 Å². The van der Waals surface area contributed by atoms with Crippen LogP contribution in [0.2, 0.25) is 0 Å². The normalized spacial score (nSPS) is 11.7. The molecule has 6 heteroatoms. The Morgan fingerprint density at radius 2 is 1.77 bits per heavy atom. The Hall–Kier alpha value is -2.76. The fourth-order valence-corrected chi connectivity index (χ4v) is 1.98. The molecule has 2 rings (SSSR count). The van der Waals surface area contributed by atoms with Gasteiger partial charge in [-0.1, -0.05) is 36.4 Å². The van der Waals surface area contributed by atoms with E-state index < -0.39 is 29.6 Å². The van der Waals surface area contributed by atoms with Crippen molar-refractivity contribution in [2.24, 2.45) is 0 Å². The van der Waals surface area contributed by atoms with Crippen molar-refractivity contribution in [3.63, 3.8) is 0 Å². The van der Waals surface area contributed by atoms with Crippen LogP contribution < -0.4 is 5.32 Å². The highest BCUT2D eigenvalue weighted by Gasteiger charge is 2.22. The van der Waals surface area contributed by atoms with Crippen molar-refractivity contribution in [2.75, 3.05) is 0 Å². The molecule has 2 aromatic rings. The molecule has 0 fully saturated rings. The van der Waals surface area contributed by atoms with Gasteiger partial charge in [0.25, 0.3) is 0 Å². The zero-order chi connectivity index (χ0) is 16.1. The van der Waals surface area contributed by atoms with Gasteiger partial charge in [-0.05, 0) is 17.2 Å². The van der Waals surface area contributed by atoms with E-state index in [0.29, 0.717) is 11.6 Å². The van der Waals surface area contributed by atoms with Crippen LogP contribution in [0.1, 0.15) is 17.2 Å². The number of aliphatic carboxylic acids is 1. The van der Waals surface area contributed by atoms with Gasteiger partial charge in [0.15, 0.2) is 6.04 Å². The van der Waals surface area contributed by atoms with E-state index in [4.69, 9.17) is 0 Å². The zero-order valence-corrected chi connectivity index (χ0v) is 11.4. The molecule has 1 amide bonds. The summed E-state index contributed by atoms with van der Waals surface area (Å²) in [7, 11) is 0. The standard InChI is InChI=1S/C16H13F2NO3/c17-12-7-6-11(13(18)9-12)8-14(20)19-15(16(21)22)10-4-2-1-3-5-10/h1-7,9,15H,8H2,(H,19,20)(H,21,22)/t15-/m1/s1. The maximum atomic E-state index is 13.5. The summed E-state index contributed by atoms with van der Waals surface area (Å²) < 4.78 is 26.3. The van der Waals surface area contributed by atoms with Crippen molar-refractivity contribution in [3.05, 3.63) is 71.3 Å². The molecule has 114 valence electrons. The first-order valence-corrected chi connectivity index (χ1v) is 6.48. The summed E-state index contributed by atoms with van der Waals surface area (Å²) in [5.74, 6) is -3.48. The summed E-state index contributed by atoms with van der Waals surface area (Å²) in [5.41, 5.74) is 0.402. The van der Waals surface area contributed by atoms with Crippen LogP contribution in [0.4, 0.5) is 8.78 Å². The second-order valence-corrected chi connectivity index (χ2v) is 4.66. The highest BCUT2D eigenvalue weighted by Crippen LogP contribution is 2.14. The molecule has 0 aliphatic rings. The van der Waals surface area contributed by atoms with E-state index in [0.717, 1.165) is 12.1 Å². The van der Waals surface area contributed by atoms with E-state index >= 15 is 0 Å². The van der Waals surface area contributed by atoms with E-state index in [1.54, 1.807) is 30.3 Å². The first kappa shape index (κ1) is 15.6. The van der Waals surface area contributed by atoms with Crippen molar-refractivity contribution in [1.29, 1.82) is 0 Å². The topological polar surface area (TPSA) is 66.4 Å². The van der Waals surface area contributed by atoms with Crippen LogP contribution in [0.15, 0.2) is 48.5 Å². The Morgan fingerprint density at radius 3 is 2.36 bits per heavy atom. The molecule has 4 nitrogen and oxygen atoms in total. The molecule has 2 N–H and O–H groups in total. The van der Waals surface area contributed by atoms with Crippen LogP contribution in [0.3, 0.4) is 0 Å². The lowest BCUT2D eigenvalue weighted by Gasteiger charge is -2.15. The molecule has 0 saturated heterocycles. The molecule has 1 atom stereocenters. The lowest BCUT2D eigenvalue weighted by Crippen LogP contribution is -2.34. The third-order valence-corrected chi connectivity index (χ3v) is 3.05. The SMILES string of the molecule is O=C(Cc1ccc(F)cc1F)N[C@@H](C(=O)O)c1ccccc1.